The second kappa shape index (κ2) is 4.87. The van der Waals surface area contributed by atoms with E-state index >= 15 is 0 Å². The van der Waals surface area contributed by atoms with Crippen molar-refractivity contribution in [3.05, 3.63) is 29.8 Å². The Hall–Kier alpha value is -1.02. The van der Waals surface area contributed by atoms with Gasteiger partial charge in [-0.25, -0.2) is 0 Å². The molecule has 2 heteroatoms. The van der Waals surface area contributed by atoms with Gasteiger partial charge in [-0.3, -0.25) is 0 Å². The number of nitrogens with one attached hydrogen (secondary N) is 1. The summed E-state index contributed by atoms with van der Waals surface area (Å²) in [7, 11) is 3.68. The summed E-state index contributed by atoms with van der Waals surface area (Å²) in [6.07, 6.45) is 1.07. The van der Waals surface area contributed by atoms with Gasteiger partial charge in [0.15, 0.2) is 0 Å². The van der Waals surface area contributed by atoms with E-state index in [0.29, 0.717) is 6.04 Å². The lowest BCUT2D eigenvalue weighted by Gasteiger charge is -2.17. The molecule has 1 N–H and O–H groups in total. The van der Waals surface area contributed by atoms with Crippen molar-refractivity contribution in [1.29, 1.82) is 0 Å². The van der Waals surface area contributed by atoms with Crippen molar-refractivity contribution in [2.75, 3.05) is 14.2 Å². The summed E-state index contributed by atoms with van der Waals surface area (Å²) in [4.78, 5) is 0. The minimum absolute atomic E-state index is 0.385. The molecule has 0 amide bonds. The first-order valence-corrected chi connectivity index (χ1v) is 4.63. The first kappa shape index (κ1) is 10.1. The lowest BCUT2D eigenvalue weighted by atomic mass is 10.0. The molecule has 0 fully saturated rings. The molecule has 0 saturated carbocycles. The van der Waals surface area contributed by atoms with Crippen LogP contribution in [0.2, 0.25) is 0 Å². The quantitative estimate of drug-likeness (QED) is 0.766. The zero-order chi connectivity index (χ0) is 9.68. The van der Waals surface area contributed by atoms with Crippen molar-refractivity contribution in [2.45, 2.75) is 19.4 Å². The number of hydrogen-bond donors (Lipinski definition) is 1. The fourth-order valence-corrected chi connectivity index (χ4v) is 1.53. The second-order valence-electron chi connectivity index (χ2n) is 2.99. The van der Waals surface area contributed by atoms with Gasteiger partial charge in [-0.05, 0) is 19.5 Å². The Morgan fingerprint density at radius 2 is 2.08 bits per heavy atom. The molecule has 1 atom stereocenters. The molecule has 0 heterocycles. The van der Waals surface area contributed by atoms with E-state index in [2.05, 4.69) is 18.3 Å². The van der Waals surface area contributed by atoms with Crippen LogP contribution in [0, 0.1) is 0 Å². The second-order valence-corrected chi connectivity index (χ2v) is 2.99. The van der Waals surface area contributed by atoms with Gasteiger partial charge in [0, 0.05) is 11.6 Å². The van der Waals surface area contributed by atoms with Gasteiger partial charge in [-0.2, -0.15) is 0 Å². The highest BCUT2D eigenvalue weighted by Gasteiger charge is 2.10. The number of para-hydroxylation sites is 1. The van der Waals surface area contributed by atoms with Crippen LogP contribution >= 0.6 is 0 Å². The van der Waals surface area contributed by atoms with Crippen LogP contribution in [0.25, 0.3) is 0 Å². The van der Waals surface area contributed by atoms with Crippen molar-refractivity contribution >= 4 is 0 Å². The highest BCUT2D eigenvalue weighted by atomic mass is 16.5. The molecule has 0 aromatic heterocycles. The first-order chi connectivity index (χ1) is 6.33. The van der Waals surface area contributed by atoms with E-state index in [-0.39, 0.29) is 0 Å². The molecule has 0 aliphatic heterocycles. The number of methoxy groups -OCH3 is 1. The fourth-order valence-electron chi connectivity index (χ4n) is 1.53. The zero-order valence-electron chi connectivity index (χ0n) is 8.50. The highest BCUT2D eigenvalue weighted by molar-refractivity contribution is 5.35. The Morgan fingerprint density at radius 1 is 1.38 bits per heavy atom. The lowest BCUT2D eigenvalue weighted by Crippen LogP contribution is -2.15. The summed E-state index contributed by atoms with van der Waals surface area (Å²) in [5, 5.41) is 3.26. The van der Waals surface area contributed by atoms with E-state index < -0.39 is 0 Å². The van der Waals surface area contributed by atoms with Gasteiger partial charge in [0.25, 0.3) is 0 Å². The van der Waals surface area contributed by atoms with Gasteiger partial charge in [0.2, 0.25) is 0 Å². The van der Waals surface area contributed by atoms with Crippen molar-refractivity contribution < 1.29 is 4.74 Å². The Labute approximate surface area is 79.9 Å². The van der Waals surface area contributed by atoms with E-state index in [1.54, 1.807) is 7.11 Å². The Bertz CT molecular complexity index is 256. The van der Waals surface area contributed by atoms with Gasteiger partial charge < -0.3 is 10.1 Å². The predicted octanol–water partition coefficient (Wildman–Crippen LogP) is 2.37. The Morgan fingerprint density at radius 3 is 2.62 bits per heavy atom. The largest absolute Gasteiger partial charge is 0.496 e. The van der Waals surface area contributed by atoms with Crippen LogP contribution in [0.5, 0.6) is 5.75 Å². The smallest absolute Gasteiger partial charge is 0.123 e. The van der Waals surface area contributed by atoms with Crippen molar-refractivity contribution in [1.82, 2.24) is 5.32 Å². The topological polar surface area (TPSA) is 21.3 Å². The van der Waals surface area contributed by atoms with Crippen molar-refractivity contribution in [3.8, 4) is 5.75 Å². The molecule has 0 spiro atoms. The molecule has 0 aliphatic rings. The van der Waals surface area contributed by atoms with Crippen LogP contribution in [0.4, 0.5) is 0 Å². The highest BCUT2D eigenvalue weighted by Crippen LogP contribution is 2.26. The Balaban J connectivity index is 2.96. The average molecular weight is 179 g/mol. The average Bonchev–Trinajstić information content (AvgIpc) is 2.20. The van der Waals surface area contributed by atoms with Crippen LogP contribution < -0.4 is 10.1 Å². The third-order valence-corrected chi connectivity index (χ3v) is 2.27. The predicted molar refractivity (Wildman–Crippen MR) is 55.1 cm³/mol. The van der Waals surface area contributed by atoms with Gasteiger partial charge in [0.1, 0.15) is 5.75 Å². The number of benzene rings is 1. The summed E-state index contributed by atoms with van der Waals surface area (Å²) < 4.78 is 5.29. The van der Waals surface area contributed by atoms with Crippen LogP contribution in [-0.2, 0) is 0 Å². The number of rotatable bonds is 4. The molecule has 1 unspecified atom stereocenters. The van der Waals surface area contributed by atoms with Gasteiger partial charge in [0.05, 0.1) is 7.11 Å². The molecule has 0 aliphatic carbocycles. The SMILES string of the molecule is CCC(NC)c1ccccc1OC. The van der Waals surface area contributed by atoms with Crippen LogP contribution in [0.15, 0.2) is 24.3 Å². The molecule has 1 rings (SSSR count). The van der Waals surface area contributed by atoms with Gasteiger partial charge in [-0.1, -0.05) is 25.1 Å². The maximum atomic E-state index is 5.29. The maximum Gasteiger partial charge on any atom is 0.123 e. The molecule has 0 bridgehead atoms. The lowest BCUT2D eigenvalue weighted by molar-refractivity contribution is 0.400. The summed E-state index contributed by atoms with van der Waals surface area (Å²) in [6, 6.07) is 8.51. The number of hydrogen-bond acceptors (Lipinski definition) is 2. The molecule has 72 valence electrons. The molecular weight excluding hydrogens is 162 g/mol. The van der Waals surface area contributed by atoms with Gasteiger partial charge >= 0.3 is 0 Å². The Kier molecular flexibility index (Phi) is 3.77. The molecular formula is C11H17NO. The van der Waals surface area contributed by atoms with E-state index in [0.717, 1.165) is 12.2 Å². The third kappa shape index (κ3) is 2.22. The van der Waals surface area contributed by atoms with Crippen LogP contribution in [0.3, 0.4) is 0 Å². The monoisotopic (exact) mass is 179 g/mol. The molecule has 2 nitrogen and oxygen atoms in total. The van der Waals surface area contributed by atoms with E-state index in [1.807, 2.05) is 25.2 Å². The maximum absolute atomic E-state index is 5.29. The molecule has 0 saturated heterocycles. The zero-order valence-corrected chi connectivity index (χ0v) is 8.50. The van der Waals surface area contributed by atoms with E-state index in [4.69, 9.17) is 4.74 Å². The summed E-state index contributed by atoms with van der Waals surface area (Å²) >= 11 is 0. The normalized spacial score (nSPS) is 12.5. The minimum Gasteiger partial charge on any atom is -0.496 e. The van der Waals surface area contributed by atoms with E-state index in [9.17, 15) is 0 Å². The first-order valence-electron chi connectivity index (χ1n) is 4.63. The summed E-state index contributed by atoms with van der Waals surface area (Å²) in [5.41, 5.74) is 1.23. The fraction of sp³-hybridized carbons (Fsp3) is 0.455. The van der Waals surface area contributed by atoms with Gasteiger partial charge in [-0.15, -0.1) is 0 Å². The standard InChI is InChI=1S/C11H17NO/c1-4-10(12-2)9-7-5-6-8-11(9)13-3/h5-8,10,12H,4H2,1-3H3. The number of ether oxygens (including phenoxy) is 1. The van der Waals surface area contributed by atoms with E-state index in [1.165, 1.54) is 5.56 Å². The minimum atomic E-state index is 0.385. The van der Waals surface area contributed by atoms with Crippen molar-refractivity contribution in [3.63, 3.8) is 0 Å². The van der Waals surface area contributed by atoms with Crippen molar-refractivity contribution in [2.24, 2.45) is 0 Å². The molecule has 1 aromatic carbocycles. The van der Waals surface area contributed by atoms with Crippen LogP contribution in [0.1, 0.15) is 24.9 Å². The molecule has 0 radical (unpaired) electrons. The third-order valence-electron chi connectivity index (χ3n) is 2.27. The summed E-state index contributed by atoms with van der Waals surface area (Å²) in [5.74, 6) is 0.962. The molecule has 13 heavy (non-hydrogen) atoms. The molecule has 1 aromatic rings. The van der Waals surface area contributed by atoms with Crippen LogP contribution in [-0.4, -0.2) is 14.2 Å². The summed E-state index contributed by atoms with van der Waals surface area (Å²) in [6.45, 7) is 2.16.